The summed E-state index contributed by atoms with van der Waals surface area (Å²) in [7, 11) is 0. The molecule has 2 aliphatic rings. The van der Waals surface area contributed by atoms with Gasteiger partial charge in [-0.2, -0.15) is 0 Å². The van der Waals surface area contributed by atoms with Crippen molar-refractivity contribution in [1.82, 2.24) is 10.9 Å². The number of hydrogen-bond donors (Lipinski definition) is 2. The van der Waals surface area contributed by atoms with E-state index in [2.05, 4.69) is 10.9 Å². The maximum absolute atomic E-state index is 11.1. The lowest BCUT2D eigenvalue weighted by molar-refractivity contribution is -0.419. The molecule has 2 N–H and O–H groups in total. The zero-order valence-corrected chi connectivity index (χ0v) is 6.56. The quantitative estimate of drug-likeness (QED) is 0.415. The molecule has 0 saturated carbocycles. The third-order valence-corrected chi connectivity index (χ3v) is 2.09. The zero-order valence-electron chi connectivity index (χ0n) is 6.56. The lowest BCUT2D eigenvalue weighted by Gasteiger charge is -2.11. The summed E-state index contributed by atoms with van der Waals surface area (Å²) in [5.74, 6) is -0.469. The SMILES string of the molecule is O=C1NN[C@@H]2C=C([N+](=O)[O-])C=C[C@H]12. The van der Waals surface area contributed by atoms with E-state index >= 15 is 0 Å². The fourth-order valence-electron chi connectivity index (χ4n) is 1.41. The van der Waals surface area contributed by atoms with E-state index in [0.717, 1.165) is 0 Å². The van der Waals surface area contributed by atoms with Crippen molar-refractivity contribution in [3.05, 3.63) is 34.0 Å². The monoisotopic (exact) mass is 181 g/mol. The van der Waals surface area contributed by atoms with Gasteiger partial charge in [0.05, 0.1) is 16.9 Å². The van der Waals surface area contributed by atoms with Crippen molar-refractivity contribution in [2.75, 3.05) is 0 Å². The highest BCUT2D eigenvalue weighted by Gasteiger charge is 2.35. The molecule has 1 fully saturated rings. The Kier molecular flexibility index (Phi) is 1.63. The van der Waals surface area contributed by atoms with Gasteiger partial charge in [0.2, 0.25) is 5.91 Å². The maximum Gasteiger partial charge on any atom is 0.266 e. The molecular formula is C7H7N3O3. The average Bonchev–Trinajstić information content (AvgIpc) is 2.47. The van der Waals surface area contributed by atoms with Crippen LogP contribution in [0.1, 0.15) is 0 Å². The summed E-state index contributed by atoms with van der Waals surface area (Å²) < 4.78 is 0. The van der Waals surface area contributed by atoms with E-state index < -0.39 is 4.92 Å². The average molecular weight is 181 g/mol. The van der Waals surface area contributed by atoms with Gasteiger partial charge in [-0.1, -0.05) is 6.08 Å². The highest BCUT2D eigenvalue weighted by molar-refractivity contribution is 5.83. The molecule has 6 heteroatoms. The number of carbonyl (C=O) groups excluding carboxylic acids is 1. The van der Waals surface area contributed by atoms with Crippen molar-refractivity contribution in [2.45, 2.75) is 6.04 Å². The lowest BCUT2D eigenvalue weighted by Crippen LogP contribution is -2.31. The van der Waals surface area contributed by atoms with Crippen LogP contribution >= 0.6 is 0 Å². The van der Waals surface area contributed by atoms with Crippen LogP contribution in [0.2, 0.25) is 0 Å². The van der Waals surface area contributed by atoms with Gasteiger partial charge >= 0.3 is 0 Å². The normalized spacial score (nSPS) is 30.8. The van der Waals surface area contributed by atoms with E-state index in [4.69, 9.17) is 0 Å². The Morgan fingerprint density at radius 1 is 1.54 bits per heavy atom. The molecule has 0 bridgehead atoms. The Bertz CT molecular complexity index is 334. The second-order valence-corrected chi connectivity index (χ2v) is 2.89. The van der Waals surface area contributed by atoms with Gasteiger partial charge in [-0.25, -0.2) is 5.43 Å². The molecule has 13 heavy (non-hydrogen) atoms. The summed E-state index contributed by atoms with van der Waals surface area (Å²) in [6.07, 6.45) is 4.33. The van der Waals surface area contributed by atoms with E-state index in [1.165, 1.54) is 18.2 Å². The molecule has 0 aromatic heterocycles. The highest BCUT2D eigenvalue weighted by Crippen LogP contribution is 2.20. The van der Waals surface area contributed by atoms with Crippen LogP contribution in [0, 0.1) is 16.0 Å². The molecule has 6 nitrogen and oxygen atoms in total. The summed E-state index contributed by atoms with van der Waals surface area (Å²) >= 11 is 0. The van der Waals surface area contributed by atoms with E-state index in [9.17, 15) is 14.9 Å². The van der Waals surface area contributed by atoms with E-state index in [1.54, 1.807) is 0 Å². The number of hydrazine groups is 1. The minimum Gasteiger partial charge on any atom is -0.290 e. The Hall–Kier alpha value is -1.69. The van der Waals surface area contributed by atoms with Gasteiger partial charge < -0.3 is 0 Å². The van der Waals surface area contributed by atoms with Crippen LogP contribution in [0.5, 0.6) is 0 Å². The summed E-state index contributed by atoms with van der Waals surface area (Å²) in [5, 5.41) is 10.4. The molecule has 68 valence electrons. The van der Waals surface area contributed by atoms with Crippen molar-refractivity contribution in [3.8, 4) is 0 Å². The molecule has 0 unspecified atom stereocenters. The van der Waals surface area contributed by atoms with Crippen LogP contribution in [0.15, 0.2) is 23.9 Å². The van der Waals surface area contributed by atoms with Gasteiger partial charge in [0.1, 0.15) is 0 Å². The van der Waals surface area contributed by atoms with Crippen molar-refractivity contribution < 1.29 is 9.72 Å². The number of carbonyl (C=O) groups is 1. The number of rotatable bonds is 1. The molecule has 1 amide bonds. The van der Waals surface area contributed by atoms with Gasteiger partial charge in [-0.15, -0.1) is 0 Å². The second-order valence-electron chi connectivity index (χ2n) is 2.89. The number of hydrogen-bond acceptors (Lipinski definition) is 4. The number of amides is 1. The second kappa shape index (κ2) is 2.67. The molecule has 2 rings (SSSR count). The van der Waals surface area contributed by atoms with Gasteiger partial charge in [0.15, 0.2) is 0 Å². The number of nitrogens with zero attached hydrogens (tertiary/aromatic N) is 1. The zero-order chi connectivity index (χ0) is 9.42. The standard InChI is InChI=1S/C7H7N3O3/c11-7-5-2-1-4(10(12)13)3-6(5)8-9-7/h1-3,5-6,8H,(H,9,11)/t5-,6+/m0/s1. The summed E-state index contributed by atoms with van der Waals surface area (Å²) in [6.45, 7) is 0. The maximum atomic E-state index is 11.1. The topological polar surface area (TPSA) is 84.3 Å². The molecule has 1 aliphatic carbocycles. The largest absolute Gasteiger partial charge is 0.290 e. The van der Waals surface area contributed by atoms with Crippen LogP contribution in [0.4, 0.5) is 0 Å². The first-order valence-electron chi connectivity index (χ1n) is 3.78. The number of nitro groups is 1. The Morgan fingerprint density at radius 3 is 3.00 bits per heavy atom. The molecular weight excluding hydrogens is 174 g/mol. The van der Waals surface area contributed by atoms with Gasteiger partial charge in [0.25, 0.3) is 5.70 Å². The Labute approximate surface area is 73.4 Å². The molecule has 1 saturated heterocycles. The summed E-state index contributed by atoms with van der Waals surface area (Å²) in [5.41, 5.74) is 5.09. The van der Waals surface area contributed by atoms with E-state index in [1.807, 2.05) is 0 Å². The van der Waals surface area contributed by atoms with Crippen molar-refractivity contribution >= 4 is 5.91 Å². The van der Waals surface area contributed by atoms with Crippen LogP contribution < -0.4 is 10.9 Å². The predicted molar refractivity (Wildman–Crippen MR) is 42.8 cm³/mol. The highest BCUT2D eigenvalue weighted by atomic mass is 16.6. The number of allylic oxidation sites excluding steroid dienone is 1. The minimum absolute atomic E-state index is 0.0188. The number of fused-ring (bicyclic) bond motifs is 1. The van der Waals surface area contributed by atoms with Crippen molar-refractivity contribution in [1.29, 1.82) is 0 Å². The Balaban J connectivity index is 2.25. The van der Waals surface area contributed by atoms with E-state index in [-0.39, 0.29) is 23.6 Å². The summed E-state index contributed by atoms with van der Waals surface area (Å²) in [6, 6.07) is -0.294. The van der Waals surface area contributed by atoms with Crippen LogP contribution in [-0.4, -0.2) is 16.9 Å². The van der Waals surface area contributed by atoms with Gasteiger partial charge in [-0.3, -0.25) is 20.3 Å². The third kappa shape index (κ3) is 1.20. The molecule has 0 spiro atoms. The first-order chi connectivity index (χ1) is 6.18. The van der Waals surface area contributed by atoms with Crippen LogP contribution in [0.3, 0.4) is 0 Å². The molecule has 0 radical (unpaired) electrons. The smallest absolute Gasteiger partial charge is 0.266 e. The molecule has 1 aliphatic heterocycles. The molecule has 0 aromatic carbocycles. The third-order valence-electron chi connectivity index (χ3n) is 2.09. The van der Waals surface area contributed by atoms with E-state index in [0.29, 0.717) is 0 Å². The minimum atomic E-state index is -0.475. The molecule has 0 aromatic rings. The van der Waals surface area contributed by atoms with Gasteiger partial charge in [-0.05, 0) is 0 Å². The fourth-order valence-corrected chi connectivity index (χ4v) is 1.41. The number of nitrogens with one attached hydrogen (secondary N) is 2. The Morgan fingerprint density at radius 2 is 2.31 bits per heavy atom. The first kappa shape index (κ1) is 7.93. The van der Waals surface area contributed by atoms with Crippen molar-refractivity contribution in [3.63, 3.8) is 0 Å². The van der Waals surface area contributed by atoms with Crippen molar-refractivity contribution in [2.24, 2.45) is 5.92 Å². The molecule has 1 heterocycles. The molecule has 2 atom stereocenters. The fraction of sp³-hybridized carbons (Fsp3) is 0.286. The van der Waals surface area contributed by atoms with Crippen LogP contribution in [0.25, 0.3) is 0 Å². The summed E-state index contributed by atoms with van der Waals surface area (Å²) in [4.78, 5) is 21.0. The lowest BCUT2D eigenvalue weighted by atomic mass is 9.95. The predicted octanol–water partition coefficient (Wildman–Crippen LogP) is -0.664. The van der Waals surface area contributed by atoms with Gasteiger partial charge in [0, 0.05) is 12.2 Å². The van der Waals surface area contributed by atoms with Crippen LogP contribution in [-0.2, 0) is 4.79 Å². The first-order valence-corrected chi connectivity index (χ1v) is 3.78.